The Morgan fingerprint density at radius 1 is 1.36 bits per heavy atom. The highest BCUT2D eigenvalue weighted by Crippen LogP contribution is 2.29. The molecule has 0 radical (unpaired) electrons. The molecule has 76 valence electrons. The third-order valence-electron chi connectivity index (χ3n) is 1.58. The van der Waals surface area contributed by atoms with Gasteiger partial charge in [-0.15, -0.1) is 5.16 Å². The van der Waals surface area contributed by atoms with Crippen molar-refractivity contribution in [1.29, 1.82) is 0 Å². The van der Waals surface area contributed by atoms with Gasteiger partial charge in [0, 0.05) is 6.72 Å². The maximum absolute atomic E-state index is 12.2. The molecule has 0 saturated heterocycles. The molecule has 14 heavy (non-hydrogen) atoms. The van der Waals surface area contributed by atoms with Gasteiger partial charge in [-0.25, -0.2) is 0 Å². The Morgan fingerprint density at radius 3 is 2.64 bits per heavy atom. The van der Waals surface area contributed by atoms with E-state index in [0.717, 1.165) is 12.1 Å². The van der Waals surface area contributed by atoms with Crippen LogP contribution in [0.2, 0.25) is 0 Å². The van der Waals surface area contributed by atoms with Crippen LogP contribution >= 0.6 is 0 Å². The summed E-state index contributed by atoms with van der Waals surface area (Å²) in [6, 6.07) is 4.88. The van der Waals surface area contributed by atoms with Gasteiger partial charge in [0.1, 0.15) is 6.61 Å². The van der Waals surface area contributed by atoms with Crippen molar-refractivity contribution in [2.45, 2.75) is 12.8 Å². The summed E-state index contributed by atoms with van der Waals surface area (Å²) in [7, 11) is 0. The lowest BCUT2D eigenvalue weighted by molar-refractivity contribution is -0.137. The van der Waals surface area contributed by atoms with E-state index in [0.29, 0.717) is 5.56 Å². The fourth-order valence-corrected chi connectivity index (χ4v) is 0.958. The summed E-state index contributed by atoms with van der Waals surface area (Å²) in [5.74, 6) is 0. The van der Waals surface area contributed by atoms with Gasteiger partial charge in [-0.3, -0.25) is 0 Å². The van der Waals surface area contributed by atoms with E-state index in [2.05, 4.69) is 16.7 Å². The quantitative estimate of drug-likeness (QED) is 0.546. The minimum absolute atomic E-state index is 0.00653. The molecule has 1 aromatic carbocycles. The number of hydrogen-bond donors (Lipinski definition) is 0. The summed E-state index contributed by atoms with van der Waals surface area (Å²) in [5.41, 5.74) is -0.283. The topological polar surface area (TPSA) is 21.6 Å². The Labute approximate surface area is 79.0 Å². The normalized spacial score (nSPS) is 11.1. The number of rotatable bonds is 3. The number of alkyl halides is 3. The van der Waals surface area contributed by atoms with Crippen LogP contribution in [0.15, 0.2) is 29.4 Å². The van der Waals surface area contributed by atoms with Gasteiger partial charge < -0.3 is 4.84 Å². The average Bonchev–Trinajstić information content (AvgIpc) is 2.14. The third kappa shape index (κ3) is 2.76. The van der Waals surface area contributed by atoms with E-state index in [4.69, 9.17) is 0 Å². The molecule has 0 N–H and O–H groups in total. The van der Waals surface area contributed by atoms with E-state index in [1.165, 1.54) is 12.1 Å². The van der Waals surface area contributed by atoms with Crippen LogP contribution in [0.3, 0.4) is 0 Å². The number of halogens is 3. The zero-order chi connectivity index (χ0) is 10.6. The molecule has 1 aromatic rings. The van der Waals surface area contributed by atoms with E-state index >= 15 is 0 Å². The van der Waals surface area contributed by atoms with Gasteiger partial charge in [-0.1, -0.05) is 12.1 Å². The van der Waals surface area contributed by atoms with E-state index in [1.807, 2.05) is 0 Å². The maximum atomic E-state index is 12.2. The SMILES string of the molecule is C=NOCc1cccc(C(F)(F)F)c1. The van der Waals surface area contributed by atoms with Crippen molar-refractivity contribution in [3.05, 3.63) is 35.4 Å². The van der Waals surface area contributed by atoms with Gasteiger partial charge in [0.05, 0.1) is 5.56 Å². The predicted molar refractivity (Wildman–Crippen MR) is 45.8 cm³/mol. The first-order valence-electron chi connectivity index (χ1n) is 3.78. The Bertz CT molecular complexity index is 322. The zero-order valence-electron chi connectivity index (χ0n) is 7.21. The Hall–Kier alpha value is -1.52. The minimum Gasteiger partial charge on any atom is -0.391 e. The molecule has 0 fully saturated rings. The highest BCUT2D eigenvalue weighted by molar-refractivity contribution is 5.25. The van der Waals surface area contributed by atoms with Crippen LogP contribution in [-0.4, -0.2) is 6.72 Å². The first kappa shape index (κ1) is 10.6. The van der Waals surface area contributed by atoms with Crippen molar-refractivity contribution in [3.8, 4) is 0 Å². The third-order valence-corrected chi connectivity index (χ3v) is 1.58. The lowest BCUT2D eigenvalue weighted by Crippen LogP contribution is -2.05. The molecule has 0 aliphatic carbocycles. The summed E-state index contributed by atoms with van der Waals surface area (Å²) in [6.07, 6.45) is -4.32. The number of nitrogens with zero attached hydrogens (tertiary/aromatic N) is 1. The predicted octanol–water partition coefficient (Wildman–Crippen LogP) is 2.84. The molecule has 0 spiro atoms. The molecule has 0 aromatic heterocycles. The van der Waals surface area contributed by atoms with Crippen LogP contribution in [-0.2, 0) is 17.6 Å². The maximum Gasteiger partial charge on any atom is 0.416 e. The molecule has 0 atom stereocenters. The van der Waals surface area contributed by atoms with Gasteiger partial charge >= 0.3 is 6.18 Å². The highest BCUT2D eigenvalue weighted by atomic mass is 19.4. The molecule has 0 aliphatic heterocycles. The summed E-state index contributed by atoms with van der Waals surface area (Å²) in [5, 5.41) is 3.09. The first-order chi connectivity index (χ1) is 6.54. The molecule has 0 bridgehead atoms. The lowest BCUT2D eigenvalue weighted by Gasteiger charge is -2.07. The number of benzene rings is 1. The molecule has 5 heteroatoms. The van der Waals surface area contributed by atoms with Crippen molar-refractivity contribution in [2.24, 2.45) is 5.16 Å². The molecule has 0 amide bonds. The Kier molecular flexibility index (Phi) is 3.11. The van der Waals surface area contributed by atoms with Gasteiger partial charge in [0.25, 0.3) is 0 Å². The summed E-state index contributed by atoms with van der Waals surface area (Å²) in [6.45, 7) is 3.05. The van der Waals surface area contributed by atoms with Crippen molar-refractivity contribution >= 4 is 6.72 Å². The van der Waals surface area contributed by atoms with Gasteiger partial charge in [-0.2, -0.15) is 13.2 Å². The number of hydrogen-bond acceptors (Lipinski definition) is 2. The number of oxime groups is 1. The molecular weight excluding hydrogens is 195 g/mol. The lowest BCUT2D eigenvalue weighted by atomic mass is 10.1. The Morgan fingerprint density at radius 2 is 2.07 bits per heavy atom. The van der Waals surface area contributed by atoms with Crippen LogP contribution in [0.1, 0.15) is 11.1 Å². The zero-order valence-corrected chi connectivity index (χ0v) is 7.21. The fourth-order valence-electron chi connectivity index (χ4n) is 0.958. The van der Waals surface area contributed by atoms with Gasteiger partial charge in [0.15, 0.2) is 0 Å². The second-order valence-electron chi connectivity index (χ2n) is 2.60. The van der Waals surface area contributed by atoms with E-state index in [9.17, 15) is 13.2 Å². The second-order valence-corrected chi connectivity index (χ2v) is 2.60. The van der Waals surface area contributed by atoms with Gasteiger partial charge in [-0.05, 0) is 17.7 Å². The van der Waals surface area contributed by atoms with E-state index in [-0.39, 0.29) is 6.61 Å². The average molecular weight is 203 g/mol. The summed E-state index contributed by atoms with van der Waals surface area (Å²) < 4.78 is 36.6. The Balaban J connectivity index is 2.84. The molecule has 0 aliphatic rings. The van der Waals surface area contributed by atoms with Crippen molar-refractivity contribution < 1.29 is 18.0 Å². The fraction of sp³-hybridized carbons (Fsp3) is 0.222. The molecule has 2 nitrogen and oxygen atoms in total. The largest absolute Gasteiger partial charge is 0.416 e. The van der Waals surface area contributed by atoms with E-state index in [1.54, 1.807) is 0 Å². The molecule has 0 saturated carbocycles. The highest BCUT2D eigenvalue weighted by Gasteiger charge is 2.30. The van der Waals surface area contributed by atoms with Crippen LogP contribution in [0.5, 0.6) is 0 Å². The smallest absolute Gasteiger partial charge is 0.391 e. The standard InChI is InChI=1S/C9H8F3NO/c1-13-14-6-7-3-2-4-8(5-7)9(10,11)12/h2-5H,1,6H2. The molecule has 0 heterocycles. The summed E-state index contributed by atoms with van der Waals surface area (Å²) in [4.78, 5) is 4.53. The van der Waals surface area contributed by atoms with Crippen molar-refractivity contribution in [3.63, 3.8) is 0 Å². The van der Waals surface area contributed by atoms with Gasteiger partial charge in [0.2, 0.25) is 0 Å². The van der Waals surface area contributed by atoms with Crippen molar-refractivity contribution in [1.82, 2.24) is 0 Å². The van der Waals surface area contributed by atoms with E-state index < -0.39 is 11.7 Å². The minimum atomic E-state index is -4.32. The monoisotopic (exact) mass is 203 g/mol. The van der Waals surface area contributed by atoms with Crippen LogP contribution in [0.25, 0.3) is 0 Å². The second kappa shape index (κ2) is 4.13. The van der Waals surface area contributed by atoms with Crippen LogP contribution < -0.4 is 0 Å². The van der Waals surface area contributed by atoms with Crippen LogP contribution in [0, 0.1) is 0 Å². The summed E-state index contributed by atoms with van der Waals surface area (Å²) >= 11 is 0. The van der Waals surface area contributed by atoms with Crippen LogP contribution in [0.4, 0.5) is 13.2 Å². The molecule has 1 rings (SSSR count). The molecule has 0 unspecified atom stereocenters. The first-order valence-corrected chi connectivity index (χ1v) is 3.78. The molecular formula is C9H8F3NO. The van der Waals surface area contributed by atoms with Crippen molar-refractivity contribution in [2.75, 3.05) is 0 Å².